The van der Waals surface area contributed by atoms with Gasteiger partial charge < -0.3 is 10.2 Å². The molecule has 2 heterocycles. The van der Waals surface area contributed by atoms with Gasteiger partial charge in [0.15, 0.2) is 0 Å². The molecule has 1 fully saturated rings. The van der Waals surface area contributed by atoms with Crippen LogP contribution in [0.3, 0.4) is 0 Å². The van der Waals surface area contributed by atoms with Gasteiger partial charge in [0, 0.05) is 48.8 Å². The molecule has 106 valence electrons. The molecule has 1 N–H and O–H groups in total. The zero-order chi connectivity index (χ0) is 13.8. The predicted molar refractivity (Wildman–Crippen MR) is 81.4 cm³/mol. The number of hydrogen-bond acceptors (Lipinski definition) is 3. The summed E-state index contributed by atoms with van der Waals surface area (Å²) in [6, 6.07) is 3.37. The molecule has 1 unspecified atom stereocenters. The lowest BCUT2D eigenvalue weighted by Gasteiger charge is -2.31. The standard InChI is InChI=1S/C16H27N3/c1-12(2)15-6-5-9-19(15)16-7-8-17-10-14(16)11-18-13(3)4/h7-8,10,12-13,15,18H,5-6,9,11H2,1-4H3. The lowest BCUT2D eigenvalue weighted by Crippen LogP contribution is -2.34. The van der Waals surface area contributed by atoms with Crippen molar-refractivity contribution in [2.45, 2.75) is 59.2 Å². The second-order valence-electron chi connectivity index (χ2n) is 6.19. The Balaban J connectivity index is 2.19. The second-order valence-corrected chi connectivity index (χ2v) is 6.19. The number of pyridine rings is 1. The van der Waals surface area contributed by atoms with Crippen LogP contribution in [0.4, 0.5) is 5.69 Å². The van der Waals surface area contributed by atoms with Crippen molar-refractivity contribution in [3.8, 4) is 0 Å². The van der Waals surface area contributed by atoms with Crippen LogP contribution in [0.15, 0.2) is 18.5 Å². The Hall–Kier alpha value is -1.09. The van der Waals surface area contributed by atoms with Crippen LogP contribution in [-0.4, -0.2) is 23.6 Å². The molecule has 0 saturated carbocycles. The van der Waals surface area contributed by atoms with Gasteiger partial charge in [0.05, 0.1) is 0 Å². The third-order valence-electron chi connectivity index (χ3n) is 3.96. The third-order valence-corrected chi connectivity index (χ3v) is 3.96. The molecule has 1 saturated heterocycles. The fourth-order valence-electron chi connectivity index (χ4n) is 2.94. The summed E-state index contributed by atoms with van der Waals surface area (Å²) in [5.41, 5.74) is 2.70. The van der Waals surface area contributed by atoms with Gasteiger partial charge in [-0.2, -0.15) is 0 Å². The Kier molecular flexibility index (Phi) is 4.81. The normalized spacial score (nSPS) is 19.7. The molecule has 0 aliphatic carbocycles. The number of anilines is 1. The molecular formula is C16H27N3. The second kappa shape index (κ2) is 6.38. The Labute approximate surface area is 117 Å². The summed E-state index contributed by atoms with van der Waals surface area (Å²) in [7, 11) is 0. The minimum absolute atomic E-state index is 0.507. The first kappa shape index (κ1) is 14.3. The van der Waals surface area contributed by atoms with Gasteiger partial charge in [0.1, 0.15) is 0 Å². The van der Waals surface area contributed by atoms with E-state index in [0.717, 1.165) is 6.54 Å². The fraction of sp³-hybridized carbons (Fsp3) is 0.688. The van der Waals surface area contributed by atoms with E-state index in [1.54, 1.807) is 0 Å². The summed E-state index contributed by atoms with van der Waals surface area (Å²) in [4.78, 5) is 6.88. The SMILES string of the molecule is CC(C)NCc1cnccc1N1CCCC1C(C)C. The lowest BCUT2D eigenvalue weighted by molar-refractivity contribution is 0.490. The van der Waals surface area contributed by atoms with Gasteiger partial charge >= 0.3 is 0 Å². The molecule has 3 nitrogen and oxygen atoms in total. The first-order chi connectivity index (χ1) is 9.09. The molecule has 3 heteroatoms. The number of nitrogens with one attached hydrogen (secondary N) is 1. The van der Waals surface area contributed by atoms with Crippen LogP contribution in [0.25, 0.3) is 0 Å². The summed E-state index contributed by atoms with van der Waals surface area (Å²) in [5, 5.41) is 3.50. The van der Waals surface area contributed by atoms with Gasteiger partial charge in [0.2, 0.25) is 0 Å². The zero-order valence-corrected chi connectivity index (χ0v) is 12.7. The highest BCUT2D eigenvalue weighted by molar-refractivity contribution is 5.54. The largest absolute Gasteiger partial charge is 0.368 e. The smallest absolute Gasteiger partial charge is 0.0445 e. The summed E-state index contributed by atoms with van der Waals surface area (Å²) in [6.45, 7) is 11.1. The quantitative estimate of drug-likeness (QED) is 0.882. The molecule has 0 aromatic carbocycles. The lowest BCUT2D eigenvalue weighted by atomic mass is 10.0. The first-order valence-corrected chi connectivity index (χ1v) is 7.52. The third kappa shape index (κ3) is 3.47. The molecule has 2 rings (SSSR count). The molecule has 19 heavy (non-hydrogen) atoms. The fourth-order valence-corrected chi connectivity index (χ4v) is 2.94. The number of hydrogen-bond donors (Lipinski definition) is 1. The first-order valence-electron chi connectivity index (χ1n) is 7.52. The zero-order valence-electron chi connectivity index (χ0n) is 12.7. The maximum atomic E-state index is 4.30. The van der Waals surface area contributed by atoms with Gasteiger partial charge in [-0.15, -0.1) is 0 Å². The average Bonchev–Trinajstić information content (AvgIpc) is 2.85. The minimum atomic E-state index is 0.507. The van der Waals surface area contributed by atoms with E-state index < -0.39 is 0 Å². The molecule has 1 aliphatic heterocycles. The molecule has 1 aromatic rings. The number of nitrogens with zero attached hydrogens (tertiary/aromatic N) is 2. The van der Waals surface area contributed by atoms with Crippen LogP contribution in [0.2, 0.25) is 0 Å². The molecular weight excluding hydrogens is 234 g/mol. The maximum absolute atomic E-state index is 4.30. The van der Waals surface area contributed by atoms with E-state index in [0.29, 0.717) is 18.0 Å². The van der Waals surface area contributed by atoms with E-state index >= 15 is 0 Å². The topological polar surface area (TPSA) is 28.2 Å². The van der Waals surface area contributed by atoms with Gasteiger partial charge in [-0.3, -0.25) is 4.98 Å². The Morgan fingerprint density at radius 2 is 2.16 bits per heavy atom. The summed E-state index contributed by atoms with van der Waals surface area (Å²) >= 11 is 0. The molecule has 0 spiro atoms. The Morgan fingerprint density at radius 1 is 1.37 bits per heavy atom. The number of aromatic nitrogens is 1. The van der Waals surface area contributed by atoms with Crippen molar-refractivity contribution in [1.82, 2.24) is 10.3 Å². The summed E-state index contributed by atoms with van der Waals surface area (Å²) in [5.74, 6) is 0.710. The van der Waals surface area contributed by atoms with Crippen LogP contribution in [0.1, 0.15) is 46.1 Å². The van der Waals surface area contributed by atoms with Gasteiger partial charge in [-0.05, 0) is 24.8 Å². The number of rotatable bonds is 5. The summed E-state index contributed by atoms with van der Waals surface area (Å²) < 4.78 is 0. The van der Waals surface area contributed by atoms with Gasteiger partial charge in [-0.1, -0.05) is 27.7 Å². The molecule has 0 amide bonds. The Morgan fingerprint density at radius 3 is 2.84 bits per heavy atom. The van der Waals surface area contributed by atoms with Crippen molar-refractivity contribution in [3.05, 3.63) is 24.0 Å². The average molecular weight is 261 g/mol. The monoisotopic (exact) mass is 261 g/mol. The van der Waals surface area contributed by atoms with Crippen LogP contribution >= 0.6 is 0 Å². The molecule has 1 aromatic heterocycles. The van der Waals surface area contributed by atoms with Crippen molar-refractivity contribution in [2.75, 3.05) is 11.4 Å². The Bertz CT molecular complexity index is 401. The van der Waals surface area contributed by atoms with Crippen LogP contribution in [0, 0.1) is 5.92 Å². The highest BCUT2D eigenvalue weighted by Gasteiger charge is 2.28. The highest BCUT2D eigenvalue weighted by Crippen LogP contribution is 2.31. The molecule has 0 bridgehead atoms. The van der Waals surface area contributed by atoms with Crippen molar-refractivity contribution >= 4 is 5.69 Å². The molecule has 0 radical (unpaired) electrons. The van der Waals surface area contributed by atoms with E-state index in [4.69, 9.17) is 0 Å². The van der Waals surface area contributed by atoms with Crippen molar-refractivity contribution in [1.29, 1.82) is 0 Å². The van der Waals surface area contributed by atoms with Crippen molar-refractivity contribution in [3.63, 3.8) is 0 Å². The highest BCUT2D eigenvalue weighted by atomic mass is 15.2. The van der Waals surface area contributed by atoms with Gasteiger partial charge in [0.25, 0.3) is 0 Å². The van der Waals surface area contributed by atoms with Gasteiger partial charge in [-0.25, -0.2) is 0 Å². The van der Waals surface area contributed by atoms with Crippen molar-refractivity contribution < 1.29 is 0 Å². The molecule has 1 aliphatic rings. The van der Waals surface area contributed by atoms with E-state index in [2.05, 4.69) is 49.0 Å². The molecule has 1 atom stereocenters. The van der Waals surface area contributed by atoms with E-state index in [9.17, 15) is 0 Å². The van der Waals surface area contributed by atoms with Crippen LogP contribution in [0.5, 0.6) is 0 Å². The van der Waals surface area contributed by atoms with Crippen molar-refractivity contribution in [2.24, 2.45) is 5.92 Å². The maximum Gasteiger partial charge on any atom is 0.0445 e. The van der Waals surface area contributed by atoms with Crippen LogP contribution < -0.4 is 10.2 Å². The van der Waals surface area contributed by atoms with E-state index in [1.807, 2.05) is 12.4 Å². The van der Waals surface area contributed by atoms with E-state index in [1.165, 1.54) is 30.6 Å². The predicted octanol–water partition coefficient (Wildman–Crippen LogP) is 3.20. The van der Waals surface area contributed by atoms with E-state index in [-0.39, 0.29) is 0 Å². The summed E-state index contributed by atoms with van der Waals surface area (Å²) in [6.07, 6.45) is 6.56. The van der Waals surface area contributed by atoms with Crippen LogP contribution in [-0.2, 0) is 6.54 Å². The minimum Gasteiger partial charge on any atom is -0.368 e.